The smallest absolute Gasteiger partial charge is 0.314 e. The Morgan fingerprint density at radius 1 is 0.939 bits per heavy atom. The fourth-order valence-electron chi connectivity index (χ4n) is 3.46. The second kappa shape index (κ2) is 9.33. The quantitative estimate of drug-likeness (QED) is 0.586. The average molecular weight is 456 g/mol. The number of hydrogen-bond acceptors (Lipinski definition) is 6. The summed E-state index contributed by atoms with van der Waals surface area (Å²) >= 11 is 0. The van der Waals surface area contributed by atoms with E-state index in [2.05, 4.69) is 5.32 Å². The first-order chi connectivity index (χ1) is 15.5. The first kappa shape index (κ1) is 24.4. The molecule has 0 aromatic heterocycles. The van der Waals surface area contributed by atoms with Crippen molar-refractivity contribution in [3.8, 4) is 28.4 Å². The summed E-state index contributed by atoms with van der Waals surface area (Å²) < 4.78 is 22.8. The minimum absolute atomic E-state index is 0.0733. The summed E-state index contributed by atoms with van der Waals surface area (Å²) in [6, 6.07) is 9.33. The van der Waals surface area contributed by atoms with Crippen LogP contribution in [0.1, 0.15) is 50.5 Å². The van der Waals surface area contributed by atoms with Crippen molar-refractivity contribution in [2.75, 3.05) is 27.4 Å². The highest BCUT2D eigenvalue weighted by atomic mass is 16.5. The van der Waals surface area contributed by atoms with E-state index >= 15 is 0 Å². The van der Waals surface area contributed by atoms with Crippen LogP contribution >= 0.6 is 0 Å². The van der Waals surface area contributed by atoms with Gasteiger partial charge in [0.2, 0.25) is 5.75 Å². The zero-order chi connectivity index (χ0) is 24.4. The number of carbonyl (C=O) groups is 2. The third-order valence-electron chi connectivity index (χ3n) is 5.37. The monoisotopic (exact) mass is 455 g/mol. The Labute approximate surface area is 195 Å². The zero-order valence-electron chi connectivity index (χ0n) is 20.5. The number of methoxy groups -OCH3 is 2. The molecule has 1 amide bonds. The fraction of sp³-hybridized carbons (Fsp3) is 0.462. The van der Waals surface area contributed by atoms with Crippen molar-refractivity contribution in [1.29, 1.82) is 0 Å². The Kier molecular flexibility index (Phi) is 6.91. The Bertz CT molecular complexity index is 1050. The Balaban J connectivity index is 1.93. The summed E-state index contributed by atoms with van der Waals surface area (Å²) in [4.78, 5) is 24.7. The number of esters is 1. The molecule has 0 fully saturated rings. The third kappa shape index (κ3) is 5.41. The van der Waals surface area contributed by atoms with Crippen LogP contribution in [0.3, 0.4) is 0 Å². The molecule has 33 heavy (non-hydrogen) atoms. The largest absolute Gasteiger partial charge is 0.493 e. The highest BCUT2D eigenvalue weighted by Gasteiger charge is 2.33. The summed E-state index contributed by atoms with van der Waals surface area (Å²) in [5.41, 5.74) is 2.22. The van der Waals surface area contributed by atoms with E-state index in [9.17, 15) is 9.59 Å². The van der Waals surface area contributed by atoms with Crippen molar-refractivity contribution in [3.63, 3.8) is 0 Å². The van der Waals surface area contributed by atoms with E-state index in [1.165, 1.54) is 0 Å². The summed E-state index contributed by atoms with van der Waals surface area (Å²) in [7, 11) is 3.10. The van der Waals surface area contributed by atoms with Gasteiger partial charge in [-0.15, -0.1) is 0 Å². The molecule has 0 spiro atoms. The van der Waals surface area contributed by atoms with Crippen LogP contribution in [0.2, 0.25) is 0 Å². The van der Waals surface area contributed by atoms with Crippen LogP contribution in [0.25, 0.3) is 11.1 Å². The molecular formula is C26H33NO6. The van der Waals surface area contributed by atoms with Crippen LogP contribution < -0.4 is 19.5 Å². The van der Waals surface area contributed by atoms with E-state index in [1.807, 2.05) is 39.0 Å². The molecule has 0 unspecified atom stereocenters. The molecule has 0 saturated carbocycles. The first-order valence-electron chi connectivity index (χ1n) is 10.9. The lowest BCUT2D eigenvalue weighted by atomic mass is 9.94. The highest BCUT2D eigenvalue weighted by molar-refractivity contribution is 5.99. The number of nitrogens with one attached hydrogen (secondary N) is 1. The number of carbonyl (C=O) groups excluding carboxylic acids is 2. The van der Waals surface area contributed by atoms with Gasteiger partial charge in [0.1, 0.15) is 6.61 Å². The van der Waals surface area contributed by atoms with Gasteiger partial charge in [0.05, 0.1) is 26.2 Å². The van der Waals surface area contributed by atoms with E-state index in [-0.39, 0.29) is 23.9 Å². The molecule has 0 aliphatic carbocycles. The van der Waals surface area contributed by atoms with Gasteiger partial charge in [-0.1, -0.05) is 26.8 Å². The van der Waals surface area contributed by atoms with Gasteiger partial charge in [-0.05, 0) is 54.7 Å². The molecule has 2 aromatic carbocycles. The van der Waals surface area contributed by atoms with Gasteiger partial charge in [-0.3, -0.25) is 9.59 Å². The number of rotatable bonds is 8. The minimum Gasteiger partial charge on any atom is -0.493 e. The van der Waals surface area contributed by atoms with Gasteiger partial charge in [0.15, 0.2) is 11.5 Å². The summed E-state index contributed by atoms with van der Waals surface area (Å²) in [5.74, 6) is 1.01. The Morgan fingerprint density at radius 3 is 2.27 bits per heavy atom. The molecular weight excluding hydrogens is 422 g/mol. The highest BCUT2D eigenvalue weighted by Crippen LogP contribution is 2.45. The Hall–Kier alpha value is -3.22. The van der Waals surface area contributed by atoms with Gasteiger partial charge in [0, 0.05) is 17.7 Å². The number of fused-ring (bicyclic) bond motifs is 1. The average Bonchev–Trinajstić information content (AvgIpc) is 3.14. The second-order valence-corrected chi connectivity index (χ2v) is 10.0. The van der Waals surface area contributed by atoms with Crippen molar-refractivity contribution in [2.45, 2.75) is 41.2 Å². The molecule has 7 heteroatoms. The van der Waals surface area contributed by atoms with Crippen molar-refractivity contribution in [1.82, 2.24) is 5.32 Å². The van der Waals surface area contributed by atoms with E-state index in [0.29, 0.717) is 36.0 Å². The van der Waals surface area contributed by atoms with Gasteiger partial charge in [-0.2, -0.15) is 0 Å². The summed E-state index contributed by atoms with van der Waals surface area (Å²) in [5, 5.41) is 2.83. The fourth-order valence-corrected chi connectivity index (χ4v) is 3.46. The summed E-state index contributed by atoms with van der Waals surface area (Å²) in [6.07, 6.45) is 0. The summed E-state index contributed by atoms with van der Waals surface area (Å²) in [6.45, 7) is 10.5. The van der Waals surface area contributed by atoms with Gasteiger partial charge in [0.25, 0.3) is 5.91 Å². The van der Waals surface area contributed by atoms with Crippen molar-refractivity contribution >= 4 is 11.9 Å². The number of amides is 1. The normalized spacial score (nSPS) is 13.2. The topological polar surface area (TPSA) is 83.1 Å². The van der Waals surface area contributed by atoms with E-state index in [1.54, 1.807) is 40.2 Å². The molecule has 0 radical (unpaired) electrons. The molecule has 2 aromatic rings. The lowest BCUT2D eigenvalue weighted by molar-refractivity contribution is -0.158. The number of ether oxygens (including phenoxy) is 4. The van der Waals surface area contributed by atoms with Crippen LogP contribution in [0.4, 0.5) is 0 Å². The molecule has 0 saturated heterocycles. The third-order valence-corrected chi connectivity index (χ3v) is 5.37. The molecule has 3 rings (SSSR count). The standard InChI is InChI=1S/C26H33NO6/c1-25(2,3)14-33-24(29)26(4,5)15-32-21-18(10-11-20(30-6)22(21)31-7)16-8-9-19-17(12-16)13-27-23(19)28/h8-12H,13-15H2,1-7H3,(H,27,28). The zero-order valence-corrected chi connectivity index (χ0v) is 20.5. The molecule has 178 valence electrons. The molecule has 1 N–H and O–H groups in total. The molecule has 1 heterocycles. The van der Waals surface area contributed by atoms with Gasteiger partial charge in [-0.25, -0.2) is 0 Å². The van der Waals surface area contributed by atoms with Crippen LogP contribution in [-0.4, -0.2) is 39.3 Å². The van der Waals surface area contributed by atoms with Crippen LogP contribution in [-0.2, 0) is 16.1 Å². The number of benzene rings is 2. The van der Waals surface area contributed by atoms with E-state index in [0.717, 1.165) is 16.7 Å². The van der Waals surface area contributed by atoms with Crippen molar-refractivity contribution in [2.24, 2.45) is 10.8 Å². The second-order valence-electron chi connectivity index (χ2n) is 10.0. The molecule has 1 aliphatic rings. The van der Waals surface area contributed by atoms with Crippen LogP contribution in [0.15, 0.2) is 30.3 Å². The molecule has 7 nitrogen and oxygen atoms in total. The molecule has 1 aliphatic heterocycles. The lowest BCUT2D eigenvalue weighted by Gasteiger charge is -2.27. The first-order valence-corrected chi connectivity index (χ1v) is 10.9. The maximum absolute atomic E-state index is 12.7. The predicted octanol–water partition coefficient (Wildman–Crippen LogP) is 4.61. The minimum atomic E-state index is -0.884. The van der Waals surface area contributed by atoms with Crippen LogP contribution in [0, 0.1) is 10.8 Å². The Morgan fingerprint density at radius 2 is 1.64 bits per heavy atom. The van der Waals surface area contributed by atoms with E-state index < -0.39 is 5.41 Å². The van der Waals surface area contributed by atoms with Gasteiger partial charge >= 0.3 is 5.97 Å². The number of hydrogen-bond donors (Lipinski definition) is 1. The molecule has 0 bridgehead atoms. The lowest BCUT2D eigenvalue weighted by Crippen LogP contribution is -2.34. The van der Waals surface area contributed by atoms with Crippen molar-refractivity contribution < 1.29 is 28.5 Å². The van der Waals surface area contributed by atoms with Crippen LogP contribution in [0.5, 0.6) is 17.2 Å². The van der Waals surface area contributed by atoms with Crippen molar-refractivity contribution in [3.05, 3.63) is 41.5 Å². The predicted molar refractivity (Wildman–Crippen MR) is 126 cm³/mol. The maximum atomic E-state index is 12.7. The molecule has 0 atom stereocenters. The van der Waals surface area contributed by atoms with Gasteiger partial charge < -0.3 is 24.3 Å². The van der Waals surface area contributed by atoms with E-state index in [4.69, 9.17) is 18.9 Å². The SMILES string of the molecule is COc1ccc(-c2ccc3c(c2)CNC3=O)c(OCC(C)(C)C(=O)OCC(C)(C)C)c1OC. The maximum Gasteiger partial charge on any atom is 0.314 e.